The summed E-state index contributed by atoms with van der Waals surface area (Å²) in [4.78, 5) is 30.7. The summed E-state index contributed by atoms with van der Waals surface area (Å²) in [5.74, 6) is 1.68. The highest BCUT2D eigenvalue weighted by molar-refractivity contribution is 7.18. The number of piperidine rings is 1. The Morgan fingerprint density at radius 1 is 1.26 bits per heavy atom. The standard InChI is InChI=1S/C23H29N5O2S/c1-14(2)30-22-18(6-5-9-24-22)12-25-21(29)17-7-10-28(11-8-17)20-19-15(3)16(4)31-23(19)27-13-26-20/h5-6,9,13-14,17H,7-8,10-12H2,1-4H3,(H,25,29). The molecule has 0 spiro atoms. The Hall–Kier alpha value is -2.74. The molecule has 1 amide bonds. The van der Waals surface area contributed by atoms with Crippen LogP contribution in [0.1, 0.15) is 42.7 Å². The number of carbonyl (C=O) groups excluding carboxylic acids is 1. The monoisotopic (exact) mass is 439 g/mol. The third kappa shape index (κ3) is 4.63. The molecule has 8 heteroatoms. The largest absolute Gasteiger partial charge is 0.475 e. The first-order valence-electron chi connectivity index (χ1n) is 10.8. The van der Waals surface area contributed by atoms with Gasteiger partial charge in [-0.3, -0.25) is 4.79 Å². The quantitative estimate of drug-likeness (QED) is 0.625. The summed E-state index contributed by atoms with van der Waals surface area (Å²) < 4.78 is 5.75. The SMILES string of the molecule is Cc1sc2ncnc(N3CCC(C(=O)NCc4cccnc4OC(C)C)CC3)c2c1C. The van der Waals surface area contributed by atoms with Gasteiger partial charge < -0.3 is 15.0 Å². The lowest BCUT2D eigenvalue weighted by Crippen LogP contribution is -2.40. The Morgan fingerprint density at radius 2 is 2.03 bits per heavy atom. The van der Waals surface area contributed by atoms with E-state index in [0.29, 0.717) is 12.4 Å². The van der Waals surface area contributed by atoms with Crippen molar-refractivity contribution in [1.82, 2.24) is 20.3 Å². The third-order valence-corrected chi connectivity index (χ3v) is 6.88. The fourth-order valence-corrected chi connectivity index (χ4v) is 4.96. The predicted octanol–water partition coefficient (Wildman–Crippen LogP) is 4.02. The number of hydrogen-bond acceptors (Lipinski definition) is 7. The summed E-state index contributed by atoms with van der Waals surface area (Å²) in [7, 11) is 0. The molecule has 0 aromatic carbocycles. The molecule has 1 N–H and O–H groups in total. The van der Waals surface area contributed by atoms with E-state index in [1.807, 2.05) is 26.0 Å². The van der Waals surface area contributed by atoms with Crippen molar-refractivity contribution in [3.05, 3.63) is 40.7 Å². The average molecular weight is 440 g/mol. The van der Waals surface area contributed by atoms with Crippen LogP contribution < -0.4 is 15.0 Å². The normalized spacial score (nSPS) is 14.9. The van der Waals surface area contributed by atoms with Gasteiger partial charge in [0.1, 0.15) is 17.0 Å². The van der Waals surface area contributed by atoms with E-state index in [1.54, 1.807) is 23.9 Å². The number of amides is 1. The van der Waals surface area contributed by atoms with Crippen LogP contribution in [-0.2, 0) is 11.3 Å². The number of anilines is 1. The molecule has 4 heterocycles. The van der Waals surface area contributed by atoms with Gasteiger partial charge in [-0.25, -0.2) is 15.0 Å². The Morgan fingerprint density at radius 3 is 2.77 bits per heavy atom. The lowest BCUT2D eigenvalue weighted by atomic mass is 9.95. The van der Waals surface area contributed by atoms with Crippen molar-refractivity contribution in [1.29, 1.82) is 0 Å². The first-order valence-corrected chi connectivity index (χ1v) is 11.6. The second kappa shape index (κ2) is 9.18. The second-order valence-electron chi connectivity index (χ2n) is 8.27. The number of ether oxygens (including phenoxy) is 1. The number of fused-ring (bicyclic) bond motifs is 1. The highest BCUT2D eigenvalue weighted by Gasteiger charge is 2.27. The van der Waals surface area contributed by atoms with Gasteiger partial charge in [0.2, 0.25) is 11.8 Å². The van der Waals surface area contributed by atoms with Crippen molar-refractivity contribution in [2.45, 2.75) is 53.2 Å². The van der Waals surface area contributed by atoms with Gasteiger partial charge in [-0.2, -0.15) is 0 Å². The molecule has 0 aliphatic carbocycles. The summed E-state index contributed by atoms with van der Waals surface area (Å²) in [6.07, 6.45) is 5.01. The minimum absolute atomic E-state index is 0.00465. The van der Waals surface area contributed by atoms with Gasteiger partial charge in [0.15, 0.2) is 0 Å². The van der Waals surface area contributed by atoms with Crippen LogP contribution in [0.5, 0.6) is 5.88 Å². The van der Waals surface area contributed by atoms with Gasteiger partial charge in [0.25, 0.3) is 0 Å². The highest BCUT2D eigenvalue weighted by atomic mass is 32.1. The Kier molecular flexibility index (Phi) is 6.36. The van der Waals surface area contributed by atoms with Crippen molar-refractivity contribution < 1.29 is 9.53 Å². The zero-order chi connectivity index (χ0) is 22.0. The number of aryl methyl sites for hydroxylation is 2. The molecule has 0 radical (unpaired) electrons. The fraction of sp³-hybridized carbons (Fsp3) is 0.478. The summed E-state index contributed by atoms with van der Waals surface area (Å²) in [5, 5.41) is 4.23. The van der Waals surface area contributed by atoms with Crippen LogP contribution in [0.25, 0.3) is 10.2 Å². The van der Waals surface area contributed by atoms with Gasteiger partial charge in [-0.15, -0.1) is 11.3 Å². The zero-order valence-electron chi connectivity index (χ0n) is 18.5. The van der Waals surface area contributed by atoms with Crippen LogP contribution in [-0.4, -0.2) is 40.1 Å². The number of aromatic nitrogens is 3. The fourth-order valence-electron chi connectivity index (χ4n) is 3.97. The first-order chi connectivity index (χ1) is 14.9. The molecule has 0 atom stereocenters. The van der Waals surface area contributed by atoms with Gasteiger partial charge in [0, 0.05) is 42.2 Å². The molecule has 0 unspecified atom stereocenters. The molecule has 1 aliphatic heterocycles. The van der Waals surface area contributed by atoms with E-state index < -0.39 is 0 Å². The maximum absolute atomic E-state index is 12.8. The maximum atomic E-state index is 12.8. The Bertz CT molecular complexity index is 1070. The third-order valence-electron chi connectivity index (χ3n) is 5.76. The number of hydrogen-bond donors (Lipinski definition) is 1. The van der Waals surface area contributed by atoms with E-state index in [1.165, 1.54) is 10.4 Å². The molecule has 164 valence electrons. The molecule has 0 saturated carbocycles. The summed E-state index contributed by atoms with van der Waals surface area (Å²) in [6.45, 7) is 10.2. The van der Waals surface area contributed by atoms with Crippen LogP contribution in [0.15, 0.2) is 24.7 Å². The van der Waals surface area contributed by atoms with Gasteiger partial charge in [-0.05, 0) is 52.2 Å². The van der Waals surface area contributed by atoms with Crippen molar-refractivity contribution in [3.8, 4) is 5.88 Å². The van der Waals surface area contributed by atoms with Crippen LogP contribution in [0.2, 0.25) is 0 Å². The molecular weight excluding hydrogens is 410 g/mol. The van der Waals surface area contributed by atoms with Gasteiger partial charge in [-0.1, -0.05) is 6.07 Å². The highest BCUT2D eigenvalue weighted by Crippen LogP contribution is 2.35. The summed E-state index contributed by atoms with van der Waals surface area (Å²) in [5.41, 5.74) is 2.15. The predicted molar refractivity (Wildman–Crippen MR) is 124 cm³/mol. The van der Waals surface area contributed by atoms with Crippen LogP contribution >= 0.6 is 11.3 Å². The number of carbonyl (C=O) groups is 1. The van der Waals surface area contributed by atoms with E-state index in [4.69, 9.17) is 4.74 Å². The van der Waals surface area contributed by atoms with E-state index in [0.717, 1.165) is 47.5 Å². The van der Waals surface area contributed by atoms with Crippen molar-refractivity contribution >= 4 is 33.3 Å². The van der Waals surface area contributed by atoms with Crippen LogP contribution in [0.3, 0.4) is 0 Å². The molecule has 3 aromatic heterocycles. The smallest absolute Gasteiger partial charge is 0.223 e. The molecule has 31 heavy (non-hydrogen) atoms. The molecule has 1 fully saturated rings. The Labute approximate surface area is 186 Å². The molecule has 1 aliphatic rings. The minimum Gasteiger partial charge on any atom is -0.475 e. The molecule has 7 nitrogen and oxygen atoms in total. The topological polar surface area (TPSA) is 80.2 Å². The average Bonchev–Trinajstić information content (AvgIpc) is 3.06. The van der Waals surface area contributed by atoms with Gasteiger partial charge >= 0.3 is 0 Å². The Balaban J connectivity index is 1.37. The molecular formula is C23H29N5O2S. The molecule has 4 rings (SSSR count). The van der Waals surface area contributed by atoms with E-state index in [-0.39, 0.29) is 17.9 Å². The van der Waals surface area contributed by atoms with Crippen LogP contribution in [0.4, 0.5) is 5.82 Å². The van der Waals surface area contributed by atoms with E-state index in [2.05, 4.69) is 39.0 Å². The summed E-state index contributed by atoms with van der Waals surface area (Å²) >= 11 is 1.71. The van der Waals surface area contributed by atoms with E-state index in [9.17, 15) is 4.79 Å². The van der Waals surface area contributed by atoms with E-state index >= 15 is 0 Å². The number of pyridine rings is 1. The molecule has 1 saturated heterocycles. The van der Waals surface area contributed by atoms with Gasteiger partial charge in [0.05, 0.1) is 11.5 Å². The number of nitrogens with one attached hydrogen (secondary N) is 1. The number of rotatable bonds is 6. The lowest BCUT2D eigenvalue weighted by Gasteiger charge is -2.32. The number of thiophene rings is 1. The van der Waals surface area contributed by atoms with Crippen molar-refractivity contribution in [2.24, 2.45) is 5.92 Å². The van der Waals surface area contributed by atoms with Crippen LogP contribution in [0, 0.1) is 19.8 Å². The minimum atomic E-state index is 0.00465. The number of nitrogens with zero attached hydrogens (tertiary/aromatic N) is 4. The first kappa shape index (κ1) is 21.5. The van der Waals surface area contributed by atoms with Crippen molar-refractivity contribution in [3.63, 3.8) is 0 Å². The van der Waals surface area contributed by atoms with Crippen molar-refractivity contribution in [2.75, 3.05) is 18.0 Å². The lowest BCUT2D eigenvalue weighted by molar-refractivity contribution is -0.125. The zero-order valence-corrected chi connectivity index (χ0v) is 19.3. The maximum Gasteiger partial charge on any atom is 0.223 e. The summed E-state index contributed by atoms with van der Waals surface area (Å²) in [6, 6.07) is 3.81. The second-order valence-corrected chi connectivity index (χ2v) is 9.48. The molecule has 0 bridgehead atoms. The molecule has 3 aromatic rings.